The fourth-order valence-electron chi connectivity index (χ4n) is 4.03. The van der Waals surface area contributed by atoms with Crippen molar-refractivity contribution in [2.45, 2.75) is 18.9 Å². The van der Waals surface area contributed by atoms with E-state index >= 15 is 0 Å². The van der Waals surface area contributed by atoms with Crippen LogP contribution in [-0.4, -0.2) is 50.8 Å². The zero-order chi connectivity index (χ0) is 23.0. The second-order valence-electron chi connectivity index (χ2n) is 7.99. The molecule has 0 saturated carbocycles. The van der Waals surface area contributed by atoms with Crippen molar-refractivity contribution in [2.75, 3.05) is 40.0 Å². The quantitative estimate of drug-likeness (QED) is 0.527. The maximum Gasteiger partial charge on any atom is 0.220 e. The summed E-state index contributed by atoms with van der Waals surface area (Å²) < 4.78 is 30.5. The maximum atomic E-state index is 14.0. The Kier molecular flexibility index (Phi) is 7.75. The fraction of sp³-hybridized carbons (Fsp3) is 0.346. The van der Waals surface area contributed by atoms with E-state index in [4.69, 9.17) is 13.9 Å². The number of nitrogens with zero attached hydrogens (tertiary/aromatic N) is 1. The Morgan fingerprint density at radius 2 is 1.85 bits per heavy atom. The summed E-state index contributed by atoms with van der Waals surface area (Å²) in [4.78, 5) is 14.9. The number of furan rings is 1. The molecule has 1 aromatic heterocycles. The Bertz CT molecular complexity index is 1040. The van der Waals surface area contributed by atoms with Crippen molar-refractivity contribution >= 4 is 5.91 Å². The predicted molar refractivity (Wildman–Crippen MR) is 124 cm³/mol. The van der Waals surface area contributed by atoms with Crippen LogP contribution in [0.4, 0.5) is 4.39 Å². The van der Waals surface area contributed by atoms with Crippen molar-refractivity contribution in [3.63, 3.8) is 0 Å². The number of rotatable bonds is 9. The van der Waals surface area contributed by atoms with Crippen molar-refractivity contribution in [3.05, 3.63) is 77.8 Å². The molecule has 33 heavy (non-hydrogen) atoms. The zero-order valence-electron chi connectivity index (χ0n) is 18.8. The minimum Gasteiger partial charge on any atom is -0.497 e. The summed E-state index contributed by atoms with van der Waals surface area (Å²) in [5.74, 6) is 1.55. The summed E-state index contributed by atoms with van der Waals surface area (Å²) in [6.45, 7) is 3.51. The average Bonchev–Trinajstić information content (AvgIpc) is 3.33. The summed E-state index contributed by atoms with van der Waals surface area (Å²) >= 11 is 0. The normalized spacial score (nSPS) is 15.2. The van der Waals surface area contributed by atoms with Crippen LogP contribution in [0.15, 0.2) is 65.1 Å². The Labute approximate surface area is 193 Å². The molecule has 0 aliphatic carbocycles. The van der Waals surface area contributed by atoms with Crippen LogP contribution in [-0.2, 0) is 16.0 Å². The first-order valence-corrected chi connectivity index (χ1v) is 11.2. The number of hydrogen-bond acceptors (Lipinski definition) is 5. The Balaban J connectivity index is 1.34. The predicted octanol–water partition coefficient (Wildman–Crippen LogP) is 4.22. The van der Waals surface area contributed by atoms with Crippen LogP contribution in [0.1, 0.15) is 23.8 Å². The molecule has 1 amide bonds. The number of hydrogen-bond donors (Lipinski definition) is 1. The molecular formula is C26H29FN2O4. The van der Waals surface area contributed by atoms with Crippen molar-refractivity contribution in [1.82, 2.24) is 10.2 Å². The van der Waals surface area contributed by atoms with Gasteiger partial charge < -0.3 is 19.2 Å². The summed E-state index contributed by atoms with van der Waals surface area (Å²) in [5, 5.41) is 3.07. The number of ether oxygens (including phenoxy) is 2. The number of morpholine rings is 1. The number of methoxy groups -OCH3 is 1. The maximum absolute atomic E-state index is 14.0. The van der Waals surface area contributed by atoms with Gasteiger partial charge >= 0.3 is 0 Å². The lowest BCUT2D eigenvalue weighted by Crippen LogP contribution is -2.43. The molecule has 174 valence electrons. The van der Waals surface area contributed by atoms with Gasteiger partial charge in [-0.2, -0.15) is 0 Å². The van der Waals surface area contributed by atoms with Gasteiger partial charge in [-0.3, -0.25) is 9.69 Å². The molecule has 1 atom stereocenters. The first-order valence-electron chi connectivity index (χ1n) is 11.2. The molecule has 2 aromatic carbocycles. The molecule has 1 unspecified atom stereocenters. The summed E-state index contributed by atoms with van der Waals surface area (Å²) in [5.41, 5.74) is 1.54. The van der Waals surface area contributed by atoms with E-state index < -0.39 is 0 Å². The fourth-order valence-corrected chi connectivity index (χ4v) is 4.03. The van der Waals surface area contributed by atoms with Gasteiger partial charge in [-0.1, -0.05) is 24.3 Å². The van der Waals surface area contributed by atoms with Crippen molar-refractivity contribution in [1.29, 1.82) is 0 Å². The zero-order valence-corrected chi connectivity index (χ0v) is 18.8. The van der Waals surface area contributed by atoms with E-state index in [9.17, 15) is 9.18 Å². The number of amides is 1. The smallest absolute Gasteiger partial charge is 0.220 e. The third kappa shape index (κ3) is 6.00. The molecule has 1 saturated heterocycles. The van der Waals surface area contributed by atoms with E-state index in [-0.39, 0.29) is 17.8 Å². The molecule has 2 heterocycles. The highest BCUT2D eigenvalue weighted by Crippen LogP contribution is 2.26. The minimum absolute atomic E-state index is 0.0504. The highest BCUT2D eigenvalue weighted by molar-refractivity contribution is 5.76. The molecule has 3 aromatic rings. The SMILES string of the molecule is COc1ccc(C(CNC(=O)CCc2ccc(-c3ccccc3F)o2)N2CCOCC2)cc1. The largest absolute Gasteiger partial charge is 0.497 e. The van der Waals surface area contributed by atoms with Gasteiger partial charge in [-0.05, 0) is 42.0 Å². The molecule has 4 rings (SSSR count). The van der Waals surface area contributed by atoms with Gasteiger partial charge in [0.15, 0.2) is 0 Å². The molecule has 0 radical (unpaired) electrons. The highest BCUT2D eigenvalue weighted by atomic mass is 19.1. The van der Waals surface area contributed by atoms with Gasteiger partial charge in [-0.15, -0.1) is 0 Å². The minimum atomic E-state index is -0.330. The highest BCUT2D eigenvalue weighted by Gasteiger charge is 2.23. The molecule has 7 heteroatoms. The van der Waals surface area contributed by atoms with Gasteiger partial charge in [-0.25, -0.2) is 4.39 Å². The monoisotopic (exact) mass is 452 g/mol. The molecule has 6 nitrogen and oxygen atoms in total. The van der Waals surface area contributed by atoms with Crippen LogP contribution in [0.2, 0.25) is 0 Å². The second-order valence-corrected chi connectivity index (χ2v) is 7.99. The van der Waals surface area contributed by atoms with E-state index in [2.05, 4.69) is 10.2 Å². The van der Waals surface area contributed by atoms with Gasteiger partial charge in [0.2, 0.25) is 5.91 Å². The Morgan fingerprint density at radius 1 is 1.09 bits per heavy atom. The van der Waals surface area contributed by atoms with Gasteiger partial charge in [0, 0.05) is 32.5 Å². The average molecular weight is 453 g/mol. The molecule has 1 aliphatic heterocycles. The van der Waals surface area contributed by atoms with Crippen LogP contribution in [0.25, 0.3) is 11.3 Å². The van der Waals surface area contributed by atoms with Crippen LogP contribution in [0.5, 0.6) is 5.75 Å². The number of halogens is 1. The molecule has 1 aliphatic rings. The standard InChI is InChI=1S/C26H29FN2O4/c1-31-20-8-6-19(7-9-20)24(29-14-16-32-17-15-29)18-28-26(30)13-11-21-10-12-25(33-21)22-4-2-3-5-23(22)27/h2-10,12,24H,11,13-18H2,1H3,(H,28,30). The van der Waals surface area contributed by atoms with E-state index in [1.54, 1.807) is 37.4 Å². The topological polar surface area (TPSA) is 63.9 Å². The van der Waals surface area contributed by atoms with E-state index in [1.165, 1.54) is 6.07 Å². The van der Waals surface area contributed by atoms with Gasteiger partial charge in [0.1, 0.15) is 23.1 Å². The Hall–Kier alpha value is -3.16. The second kappa shape index (κ2) is 11.1. The molecular weight excluding hydrogens is 423 g/mol. The Morgan fingerprint density at radius 3 is 2.58 bits per heavy atom. The first kappa shape index (κ1) is 23.0. The number of nitrogens with one attached hydrogen (secondary N) is 1. The molecule has 1 N–H and O–H groups in total. The third-order valence-corrected chi connectivity index (χ3v) is 5.88. The molecule has 1 fully saturated rings. The van der Waals surface area contributed by atoms with Gasteiger partial charge in [0.05, 0.1) is 31.9 Å². The molecule has 0 spiro atoms. The van der Waals surface area contributed by atoms with Crippen molar-refractivity contribution in [3.8, 4) is 17.1 Å². The van der Waals surface area contributed by atoms with Crippen LogP contribution >= 0.6 is 0 Å². The van der Waals surface area contributed by atoms with Crippen molar-refractivity contribution < 1.29 is 23.1 Å². The lowest BCUT2D eigenvalue weighted by molar-refractivity contribution is -0.121. The van der Waals surface area contributed by atoms with Gasteiger partial charge in [0.25, 0.3) is 0 Å². The lowest BCUT2D eigenvalue weighted by Gasteiger charge is -2.35. The van der Waals surface area contributed by atoms with E-state index in [0.29, 0.717) is 49.7 Å². The number of benzene rings is 2. The van der Waals surface area contributed by atoms with Crippen molar-refractivity contribution in [2.24, 2.45) is 0 Å². The van der Waals surface area contributed by atoms with E-state index in [0.717, 1.165) is 24.4 Å². The van der Waals surface area contributed by atoms with E-state index in [1.807, 2.05) is 24.3 Å². The van der Waals surface area contributed by atoms with Crippen LogP contribution in [0.3, 0.4) is 0 Å². The van der Waals surface area contributed by atoms with Crippen LogP contribution < -0.4 is 10.1 Å². The summed E-state index contributed by atoms with van der Waals surface area (Å²) in [6, 6.07) is 18.0. The lowest BCUT2D eigenvalue weighted by atomic mass is 10.0. The first-order chi connectivity index (χ1) is 16.1. The third-order valence-electron chi connectivity index (χ3n) is 5.88. The number of carbonyl (C=O) groups excluding carboxylic acids is 1. The van der Waals surface area contributed by atoms with Crippen LogP contribution in [0, 0.1) is 5.82 Å². The summed E-state index contributed by atoms with van der Waals surface area (Å²) in [7, 11) is 1.65. The number of carbonyl (C=O) groups is 1. The summed E-state index contributed by atoms with van der Waals surface area (Å²) in [6.07, 6.45) is 0.744. The molecule has 0 bridgehead atoms. The number of aryl methyl sites for hydroxylation is 1.